The predicted molar refractivity (Wildman–Crippen MR) is 70.4 cm³/mol. The van der Waals surface area contributed by atoms with Crippen molar-refractivity contribution in [2.75, 3.05) is 0 Å². The quantitative estimate of drug-likeness (QED) is 0.293. The summed E-state index contributed by atoms with van der Waals surface area (Å²) in [4.78, 5) is 10.1. The third-order valence-electron chi connectivity index (χ3n) is 2.06. The number of rotatable bonds is 7. The van der Waals surface area contributed by atoms with E-state index in [2.05, 4.69) is 17.8 Å². The molecule has 0 radical (unpaired) electrons. The van der Waals surface area contributed by atoms with Gasteiger partial charge in [0.25, 0.3) is 0 Å². The molecule has 102 valence electrons. The van der Waals surface area contributed by atoms with E-state index in [-0.39, 0.29) is 42.4 Å². The first-order chi connectivity index (χ1) is 9.06. The second-order valence-corrected chi connectivity index (χ2v) is 3.79. The average molecular weight is 284 g/mol. The summed E-state index contributed by atoms with van der Waals surface area (Å²) >= 11 is 0. The zero-order chi connectivity index (χ0) is 14.5. The minimum Gasteiger partial charge on any atom is -0.550 e. The summed E-state index contributed by atoms with van der Waals surface area (Å²) < 4.78 is 0. The summed E-state index contributed by atoms with van der Waals surface area (Å²) in [6.07, 6.45) is 10.6. The van der Waals surface area contributed by atoms with E-state index in [1.54, 1.807) is 12.2 Å². The number of carbonyl (C=O) groups is 1. The summed E-state index contributed by atoms with van der Waals surface area (Å²) in [5, 5.41) is 28.8. The number of hydrogen-bond donors (Lipinski definition) is 2. The first-order valence-corrected chi connectivity index (χ1v) is 5.90. The number of carboxylic acid groups (broad SMARTS) is 1. The fourth-order valence-electron chi connectivity index (χ4n) is 1.14. The van der Waals surface area contributed by atoms with Gasteiger partial charge in [0.05, 0.1) is 6.10 Å². The van der Waals surface area contributed by atoms with E-state index in [9.17, 15) is 20.1 Å². The molecule has 20 heavy (non-hydrogen) atoms. The van der Waals surface area contributed by atoms with Crippen molar-refractivity contribution in [2.24, 2.45) is 0 Å². The number of allylic oxidation sites excluding steroid dienone is 3. The standard InChI is InChI=1S/C15H18O4.Na/c1-2-8-13(16)9-5-3-4-6-10-14(17)11-7-12-15(18)19;/h1,3-5,9,13-14,16-17H,7-8,11-12H2,(H,18,19);/q;+1/p-1/b4-3+,9-5+;/t13-,14+;/m1./s1. The maximum absolute atomic E-state index is 10.1. The van der Waals surface area contributed by atoms with Crippen LogP contribution >= 0.6 is 0 Å². The molecule has 0 aromatic rings. The summed E-state index contributed by atoms with van der Waals surface area (Å²) in [5.41, 5.74) is 0. The second-order valence-electron chi connectivity index (χ2n) is 3.79. The van der Waals surface area contributed by atoms with Gasteiger partial charge in [-0.3, -0.25) is 0 Å². The summed E-state index contributed by atoms with van der Waals surface area (Å²) in [6.45, 7) is 0. The molecule has 0 heterocycles. The Morgan fingerprint density at radius 2 is 2.05 bits per heavy atom. The molecule has 2 N–H and O–H groups in total. The van der Waals surface area contributed by atoms with Crippen LogP contribution in [-0.4, -0.2) is 28.4 Å². The van der Waals surface area contributed by atoms with Crippen LogP contribution in [0.4, 0.5) is 0 Å². The van der Waals surface area contributed by atoms with Crippen molar-refractivity contribution in [1.82, 2.24) is 0 Å². The average Bonchev–Trinajstić information content (AvgIpc) is 2.33. The molecule has 0 rings (SSSR count). The molecule has 0 unspecified atom stereocenters. The van der Waals surface area contributed by atoms with Gasteiger partial charge in [-0.1, -0.05) is 30.1 Å². The molecule has 2 atom stereocenters. The van der Waals surface area contributed by atoms with Gasteiger partial charge in [-0.15, -0.1) is 12.3 Å². The molecule has 0 saturated carbocycles. The first kappa shape index (κ1) is 21.3. The molecule has 0 aliphatic heterocycles. The van der Waals surface area contributed by atoms with Gasteiger partial charge in [0.2, 0.25) is 0 Å². The number of carboxylic acids is 1. The summed E-state index contributed by atoms with van der Waals surface area (Å²) in [7, 11) is 0. The number of aliphatic hydroxyl groups excluding tert-OH is 2. The van der Waals surface area contributed by atoms with Crippen LogP contribution < -0.4 is 34.7 Å². The van der Waals surface area contributed by atoms with Gasteiger partial charge in [-0.2, -0.15) is 0 Å². The maximum Gasteiger partial charge on any atom is 1.00 e. The van der Waals surface area contributed by atoms with Crippen LogP contribution in [-0.2, 0) is 4.79 Å². The molecule has 0 aliphatic carbocycles. The van der Waals surface area contributed by atoms with E-state index < -0.39 is 18.2 Å². The van der Waals surface area contributed by atoms with Crippen molar-refractivity contribution in [3.05, 3.63) is 24.3 Å². The Bertz CT molecular complexity index is 423. The minimum atomic E-state index is -1.13. The smallest absolute Gasteiger partial charge is 0.550 e. The molecule has 0 spiro atoms. The third kappa shape index (κ3) is 15.0. The predicted octanol–water partition coefficient (Wildman–Crippen LogP) is -3.23. The molecule has 0 fully saturated rings. The van der Waals surface area contributed by atoms with Crippen molar-refractivity contribution in [1.29, 1.82) is 0 Å². The van der Waals surface area contributed by atoms with Gasteiger partial charge in [0.1, 0.15) is 6.10 Å². The summed E-state index contributed by atoms with van der Waals surface area (Å²) in [6, 6.07) is 0. The van der Waals surface area contributed by atoms with E-state index in [1.807, 2.05) is 0 Å². The zero-order valence-corrected chi connectivity index (χ0v) is 13.6. The van der Waals surface area contributed by atoms with Crippen LogP contribution in [0.1, 0.15) is 25.7 Å². The SMILES string of the molecule is C#CC[C@@H](O)/C=C/C=C/C#C[C@H](O)CCCC(=O)[O-].[Na+]. The molecule has 0 aliphatic rings. The maximum atomic E-state index is 10.1. The zero-order valence-electron chi connectivity index (χ0n) is 11.6. The van der Waals surface area contributed by atoms with E-state index in [1.165, 1.54) is 12.2 Å². The number of aliphatic carboxylic acids is 1. The Morgan fingerprint density at radius 3 is 2.65 bits per heavy atom. The molecule has 0 amide bonds. The molecule has 4 nitrogen and oxygen atoms in total. The Balaban J connectivity index is 0. The van der Waals surface area contributed by atoms with Crippen LogP contribution in [0.15, 0.2) is 24.3 Å². The minimum absolute atomic E-state index is 0. The number of terminal acetylenes is 1. The van der Waals surface area contributed by atoms with Crippen LogP contribution in [0, 0.1) is 24.2 Å². The van der Waals surface area contributed by atoms with Crippen molar-refractivity contribution in [3.63, 3.8) is 0 Å². The molecular formula is C15H17NaO4. The molecule has 5 heteroatoms. The summed E-state index contributed by atoms with van der Waals surface area (Å²) in [5.74, 6) is 6.36. The number of hydrogen-bond acceptors (Lipinski definition) is 4. The normalized spacial score (nSPS) is 13.1. The topological polar surface area (TPSA) is 80.6 Å². The number of aliphatic hydroxyl groups is 2. The fourth-order valence-corrected chi connectivity index (χ4v) is 1.14. The molecule has 0 aromatic carbocycles. The van der Waals surface area contributed by atoms with Gasteiger partial charge in [-0.25, -0.2) is 0 Å². The van der Waals surface area contributed by atoms with Gasteiger partial charge < -0.3 is 20.1 Å². The van der Waals surface area contributed by atoms with Crippen LogP contribution in [0.2, 0.25) is 0 Å². The second kappa shape index (κ2) is 14.4. The fraction of sp³-hybridized carbons (Fsp3) is 0.400. The van der Waals surface area contributed by atoms with Crippen molar-refractivity contribution in [3.8, 4) is 24.2 Å². The van der Waals surface area contributed by atoms with E-state index in [0.717, 1.165) is 0 Å². The van der Waals surface area contributed by atoms with Crippen molar-refractivity contribution in [2.45, 2.75) is 37.9 Å². The van der Waals surface area contributed by atoms with E-state index in [4.69, 9.17) is 6.42 Å². The van der Waals surface area contributed by atoms with Gasteiger partial charge in [0.15, 0.2) is 0 Å². The van der Waals surface area contributed by atoms with Crippen molar-refractivity contribution >= 4 is 5.97 Å². The largest absolute Gasteiger partial charge is 1.00 e. The Labute approximate surface area is 141 Å². The Kier molecular flexibility index (Phi) is 15.3. The monoisotopic (exact) mass is 284 g/mol. The first-order valence-electron chi connectivity index (χ1n) is 5.90. The molecular weight excluding hydrogens is 267 g/mol. The van der Waals surface area contributed by atoms with Crippen LogP contribution in [0.3, 0.4) is 0 Å². The van der Waals surface area contributed by atoms with Gasteiger partial charge in [0, 0.05) is 12.4 Å². The molecule has 0 bridgehead atoms. The van der Waals surface area contributed by atoms with Gasteiger partial charge >= 0.3 is 29.6 Å². The third-order valence-corrected chi connectivity index (χ3v) is 2.06. The van der Waals surface area contributed by atoms with Crippen LogP contribution in [0.25, 0.3) is 0 Å². The van der Waals surface area contributed by atoms with Gasteiger partial charge in [-0.05, 0) is 25.3 Å². The molecule has 0 saturated heterocycles. The van der Waals surface area contributed by atoms with Crippen LogP contribution in [0.5, 0.6) is 0 Å². The van der Waals surface area contributed by atoms with E-state index in [0.29, 0.717) is 12.8 Å². The number of carbonyl (C=O) groups excluding carboxylic acids is 1. The van der Waals surface area contributed by atoms with Crippen molar-refractivity contribution < 1.29 is 49.7 Å². The van der Waals surface area contributed by atoms with E-state index >= 15 is 0 Å². The Morgan fingerprint density at radius 1 is 1.35 bits per heavy atom. The molecule has 0 aromatic heterocycles. The Hall–Kier alpha value is -1.01.